The zero-order valence-corrected chi connectivity index (χ0v) is 17.0. The zero-order valence-electron chi connectivity index (χ0n) is 17.0. The van der Waals surface area contributed by atoms with Crippen LogP contribution >= 0.6 is 0 Å². The van der Waals surface area contributed by atoms with Gasteiger partial charge in [-0.2, -0.15) is 0 Å². The third-order valence-electron chi connectivity index (χ3n) is 5.43. The highest BCUT2D eigenvalue weighted by atomic mass is 16.2. The molecule has 1 saturated heterocycles. The smallest absolute Gasteiger partial charge is 0.239 e. The van der Waals surface area contributed by atoms with Crippen molar-refractivity contribution >= 4 is 28.4 Å². The molecule has 7 nitrogen and oxygen atoms in total. The minimum Gasteiger partial charge on any atom is -0.376 e. The number of piperidine rings is 1. The Morgan fingerprint density at radius 3 is 3.07 bits per heavy atom. The van der Waals surface area contributed by atoms with Crippen molar-refractivity contribution in [3.63, 3.8) is 0 Å². The normalized spacial score (nSPS) is 16.9. The van der Waals surface area contributed by atoms with E-state index in [1.165, 1.54) is 5.56 Å². The zero-order chi connectivity index (χ0) is 20.2. The van der Waals surface area contributed by atoms with Gasteiger partial charge in [0.05, 0.1) is 11.9 Å². The maximum absolute atomic E-state index is 12.5. The molecule has 0 radical (unpaired) electrons. The van der Waals surface area contributed by atoms with Crippen LogP contribution in [0.25, 0.3) is 11.0 Å². The molecular formula is C22H28N6O. The van der Waals surface area contributed by atoms with Gasteiger partial charge in [0.2, 0.25) is 5.91 Å². The summed E-state index contributed by atoms with van der Waals surface area (Å²) in [6.45, 7) is 6.29. The van der Waals surface area contributed by atoms with Gasteiger partial charge in [0.15, 0.2) is 0 Å². The van der Waals surface area contributed by atoms with Gasteiger partial charge in [0, 0.05) is 31.0 Å². The number of amides is 1. The van der Waals surface area contributed by atoms with Gasteiger partial charge in [0.25, 0.3) is 0 Å². The molecule has 1 fully saturated rings. The molecule has 4 rings (SSSR count). The first-order chi connectivity index (χ1) is 14.1. The molecule has 7 heteroatoms. The highest BCUT2D eigenvalue weighted by molar-refractivity contribution is 5.87. The third-order valence-corrected chi connectivity index (χ3v) is 5.43. The minimum atomic E-state index is 0.0151. The fraction of sp³-hybridized carbons (Fsp3) is 0.409. The number of fused-ring (bicyclic) bond motifs is 1. The number of hydrogen-bond donors (Lipinski definition) is 3. The van der Waals surface area contributed by atoms with Gasteiger partial charge in [-0.1, -0.05) is 26.0 Å². The van der Waals surface area contributed by atoms with Crippen LogP contribution in [-0.2, 0) is 4.79 Å². The molecule has 1 aromatic carbocycles. The standard InChI is InChI=1S/C22H28N6O/c1-15(2)16-5-3-6-17(11-16)24-12-20(29)27-18-7-4-10-28(13-18)22-19-8-9-23-21(19)25-14-26-22/h3,5-6,8-9,11,14-15,18,24H,4,7,10,12-13H2,1-2H3,(H,27,29)(H,23,25,26). The highest BCUT2D eigenvalue weighted by Gasteiger charge is 2.23. The number of nitrogens with zero attached hydrogens (tertiary/aromatic N) is 3. The summed E-state index contributed by atoms with van der Waals surface area (Å²) in [4.78, 5) is 26.6. The summed E-state index contributed by atoms with van der Waals surface area (Å²) in [5, 5.41) is 7.44. The molecule has 0 aliphatic carbocycles. The molecule has 0 bridgehead atoms. The number of nitrogens with one attached hydrogen (secondary N) is 3. The number of benzene rings is 1. The summed E-state index contributed by atoms with van der Waals surface area (Å²) < 4.78 is 0. The van der Waals surface area contributed by atoms with Gasteiger partial charge in [-0.3, -0.25) is 4.79 Å². The Balaban J connectivity index is 1.34. The maximum atomic E-state index is 12.5. The second-order valence-electron chi connectivity index (χ2n) is 7.92. The van der Waals surface area contributed by atoms with E-state index in [4.69, 9.17) is 0 Å². The van der Waals surface area contributed by atoms with Crippen LogP contribution in [0, 0.1) is 0 Å². The number of aromatic amines is 1. The molecule has 0 spiro atoms. The molecule has 0 saturated carbocycles. The van der Waals surface area contributed by atoms with Crippen LogP contribution in [0.5, 0.6) is 0 Å². The Hall–Kier alpha value is -3.09. The molecule has 1 aliphatic heterocycles. The molecule has 1 atom stereocenters. The van der Waals surface area contributed by atoms with E-state index in [0.29, 0.717) is 5.92 Å². The van der Waals surface area contributed by atoms with Crippen molar-refractivity contribution in [2.45, 2.75) is 38.6 Å². The topological polar surface area (TPSA) is 85.9 Å². The largest absolute Gasteiger partial charge is 0.376 e. The lowest BCUT2D eigenvalue weighted by Gasteiger charge is -2.34. The monoisotopic (exact) mass is 392 g/mol. The van der Waals surface area contributed by atoms with E-state index in [-0.39, 0.29) is 18.5 Å². The molecule has 1 amide bonds. The van der Waals surface area contributed by atoms with E-state index in [9.17, 15) is 4.79 Å². The van der Waals surface area contributed by atoms with Crippen LogP contribution in [0.3, 0.4) is 0 Å². The summed E-state index contributed by atoms with van der Waals surface area (Å²) in [6, 6.07) is 10.4. The average molecular weight is 393 g/mol. The number of aromatic nitrogens is 3. The lowest BCUT2D eigenvalue weighted by molar-refractivity contribution is -0.120. The molecule has 1 aliphatic rings. The number of H-pyrrole nitrogens is 1. The maximum Gasteiger partial charge on any atom is 0.239 e. The number of anilines is 2. The summed E-state index contributed by atoms with van der Waals surface area (Å²) in [5.74, 6) is 1.41. The Morgan fingerprint density at radius 1 is 1.31 bits per heavy atom. The molecule has 2 aromatic heterocycles. The number of hydrogen-bond acceptors (Lipinski definition) is 5. The average Bonchev–Trinajstić information content (AvgIpc) is 3.21. The second-order valence-corrected chi connectivity index (χ2v) is 7.92. The van der Waals surface area contributed by atoms with Crippen molar-refractivity contribution in [3.05, 3.63) is 48.4 Å². The van der Waals surface area contributed by atoms with Crippen LogP contribution in [-0.4, -0.2) is 46.5 Å². The lowest BCUT2D eigenvalue weighted by atomic mass is 10.0. The number of carbonyl (C=O) groups is 1. The van der Waals surface area contributed by atoms with Crippen LogP contribution in [0.4, 0.5) is 11.5 Å². The molecule has 3 N–H and O–H groups in total. The van der Waals surface area contributed by atoms with Gasteiger partial charge in [0.1, 0.15) is 17.8 Å². The van der Waals surface area contributed by atoms with Crippen molar-refractivity contribution in [2.24, 2.45) is 0 Å². The van der Waals surface area contributed by atoms with Crippen molar-refractivity contribution in [1.82, 2.24) is 20.3 Å². The van der Waals surface area contributed by atoms with Gasteiger partial charge in [-0.05, 0) is 42.5 Å². The Kier molecular flexibility index (Phi) is 5.64. The van der Waals surface area contributed by atoms with Crippen molar-refractivity contribution in [3.8, 4) is 0 Å². The third kappa shape index (κ3) is 4.50. The molecular weight excluding hydrogens is 364 g/mol. The van der Waals surface area contributed by atoms with E-state index in [2.05, 4.69) is 56.5 Å². The second kappa shape index (κ2) is 8.51. The molecule has 29 heavy (non-hydrogen) atoms. The van der Waals surface area contributed by atoms with Crippen LogP contribution in [0.1, 0.15) is 38.2 Å². The van der Waals surface area contributed by atoms with E-state index < -0.39 is 0 Å². The quantitative estimate of drug-likeness (QED) is 0.599. The predicted octanol–water partition coefficient (Wildman–Crippen LogP) is 3.28. The van der Waals surface area contributed by atoms with Gasteiger partial charge in [-0.15, -0.1) is 0 Å². The summed E-state index contributed by atoms with van der Waals surface area (Å²) in [7, 11) is 0. The van der Waals surface area contributed by atoms with Gasteiger partial charge < -0.3 is 20.5 Å². The van der Waals surface area contributed by atoms with E-state index in [1.54, 1.807) is 6.33 Å². The van der Waals surface area contributed by atoms with Crippen molar-refractivity contribution in [2.75, 3.05) is 29.9 Å². The molecule has 152 valence electrons. The SMILES string of the molecule is CC(C)c1cccc(NCC(=O)NC2CCCN(c3ncnc4[nH]ccc34)C2)c1. The molecule has 3 aromatic rings. The Morgan fingerprint density at radius 2 is 2.21 bits per heavy atom. The minimum absolute atomic E-state index is 0.0151. The first-order valence-corrected chi connectivity index (χ1v) is 10.3. The van der Waals surface area contributed by atoms with Crippen LogP contribution < -0.4 is 15.5 Å². The summed E-state index contributed by atoms with van der Waals surface area (Å²) >= 11 is 0. The Bertz CT molecular complexity index is 982. The van der Waals surface area contributed by atoms with E-state index in [0.717, 1.165) is 48.5 Å². The summed E-state index contributed by atoms with van der Waals surface area (Å²) in [5.41, 5.74) is 3.08. The highest BCUT2D eigenvalue weighted by Crippen LogP contribution is 2.25. The van der Waals surface area contributed by atoms with Gasteiger partial charge in [-0.25, -0.2) is 9.97 Å². The lowest BCUT2D eigenvalue weighted by Crippen LogP contribution is -2.49. The first-order valence-electron chi connectivity index (χ1n) is 10.3. The predicted molar refractivity (Wildman–Crippen MR) is 116 cm³/mol. The van der Waals surface area contributed by atoms with Crippen molar-refractivity contribution in [1.29, 1.82) is 0 Å². The van der Waals surface area contributed by atoms with Gasteiger partial charge >= 0.3 is 0 Å². The van der Waals surface area contributed by atoms with Crippen LogP contribution in [0.15, 0.2) is 42.9 Å². The summed E-state index contributed by atoms with van der Waals surface area (Å²) in [6.07, 6.45) is 5.47. The molecule has 1 unspecified atom stereocenters. The van der Waals surface area contributed by atoms with Crippen molar-refractivity contribution < 1.29 is 4.79 Å². The number of rotatable bonds is 6. The number of carbonyl (C=O) groups excluding carboxylic acids is 1. The Labute approximate surface area is 170 Å². The van der Waals surface area contributed by atoms with E-state index in [1.807, 2.05) is 24.4 Å². The van der Waals surface area contributed by atoms with Crippen LogP contribution in [0.2, 0.25) is 0 Å². The fourth-order valence-corrected chi connectivity index (χ4v) is 3.87. The first kappa shape index (κ1) is 19.2. The fourth-order valence-electron chi connectivity index (χ4n) is 3.87. The van der Waals surface area contributed by atoms with E-state index >= 15 is 0 Å². The molecule has 3 heterocycles.